The van der Waals surface area contributed by atoms with Crippen LogP contribution in [0.25, 0.3) is 0 Å². The zero-order valence-corrected chi connectivity index (χ0v) is 17.7. The van der Waals surface area contributed by atoms with E-state index in [1.54, 1.807) is 36.4 Å². The molecule has 1 heterocycles. The Morgan fingerprint density at radius 2 is 1.72 bits per heavy atom. The van der Waals surface area contributed by atoms with Crippen molar-refractivity contribution in [2.75, 3.05) is 29.9 Å². The van der Waals surface area contributed by atoms with Crippen molar-refractivity contribution in [1.29, 1.82) is 0 Å². The lowest BCUT2D eigenvalue weighted by atomic mass is 10.1. The van der Waals surface area contributed by atoms with Gasteiger partial charge in [0.2, 0.25) is 5.91 Å². The van der Waals surface area contributed by atoms with E-state index in [2.05, 4.69) is 10.6 Å². The number of para-hydroxylation sites is 1. The summed E-state index contributed by atoms with van der Waals surface area (Å²) in [7, 11) is 0. The second-order valence-corrected chi connectivity index (χ2v) is 7.53. The van der Waals surface area contributed by atoms with Gasteiger partial charge in [0, 0.05) is 24.5 Å². The molecule has 0 aromatic heterocycles. The maximum absolute atomic E-state index is 13.0. The van der Waals surface area contributed by atoms with Gasteiger partial charge < -0.3 is 25.4 Å². The summed E-state index contributed by atoms with van der Waals surface area (Å²) >= 11 is 0. The maximum Gasteiger partial charge on any atom is 0.319 e. The van der Waals surface area contributed by atoms with Crippen molar-refractivity contribution >= 4 is 35.2 Å². The molecular weight excluding hydrogens is 412 g/mol. The van der Waals surface area contributed by atoms with Crippen LogP contribution >= 0.6 is 0 Å². The number of amides is 4. The number of hydrogen-bond acceptors (Lipinski definition) is 5. The first-order valence-electron chi connectivity index (χ1n) is 10.3. The minimum absolute atomic E-state index is 0.222. The molecule has 3 rings (SSSR count). The summed E-state index contributed by atoms with van der Waals surface area (Å²) in [5, 5.41) is 17.0. The Bertz CT molecular complexity index is 989. The quantitative estimate of drug-likeness (QED) is 0.623. The van der Waals surface area contributed by atoms with Gasteiger partial charge >= 0.3 is 6.03 Å². The number of likely N-dealkylation sites (tertiary alicyclic amines) is 1. The highest BCUT2D eigenvalue weighted by molar-refractivity contribution is 6.12. The van der Waals surface area contributed by atoms with E-state index in [4.69, 9.17) is 0 Å². The SMILES string of the molecule is Cc1cccc(NC(=O)NCC(=O)N(c2ccccc2)C(C(=O)[O-])C(=O)N2CCCC2)c1. The summed E-state index contributed by atoms with van der Waals surface area (Å²) in [5.41, 5.74) is 1.72. The number of carboxylic acids is 1. The third kappa shape index (κ3) is 5.63. The van der Waals surface area contributed by atoms with E-state index in [9.17, 15) is 24.3 Å². The van der Waals surface area contributed by atoms with Crippen LogP contribution in [-0.4, -0.2) is 54.4 Å². The lowest BCUT2D eigenvalue weighted by Gasteiger charge is -2.34. The number of benzene rings is 2. The maximum atomic E-state index is 13.0. The molecule has 0 aliphatic carbocycles. The smallest absolute Gasteiger partial charge is 0.319 e. The number of urea groups is 1. The molecule has 0 radical (unpaired) electrons. The average molecular weight is 437 g/mol. The van der Waals surface area contributed by atoms with Gasteiger partial charge in [-0.3, -0.25) is 14.5 Å². The van der Waals surface area contributed by atoms with Gasteiger partial charge in [0.25, 0.3) is 5.91 Å². The molecule has 1 fully saturated rings. The molecule has 1 unspecified atom stereocenters. The molecule has 1 aliphatic heterocycles. The molecule has 32 heavy (non-hydrogen) atoms. The fourth-order valence-electron chi connectivity index (χ4n) is 3.59. The summed E-state index contributed by atoms with van der Waals surface area (Å²) < 4.78 is 0. The van der Waals surface area contributed by atoms with Gasteiger partial charge in [-0.25, -0.2) is 4.79 Å². The molecule has 2 N–H and O–H groups in total. The van der Waals surface area contributed by atoms with Crippen LogP contribution < -0.4 is 20.6 Å². The Morgan fingerprint density at radius 1 is 1.03 bits per heavy atom. The molecular formula is C23H25N4O5-. The van der Waals surface area contributed by atoms with Crippen molar-refractivity contribution in [3.8, 4) is 0 Å². The molecule has 2 aromatic carbocycles. The summed E-state index contributed by atoms with van der Waals surface area (Å²) in [4.78, 5) is 52.5. The Labute approximate surface area is 186 Å². The first-order chi connectivity index (χ1) is 15.4. The third-order valence-corrected chi connectivity index (χ3v) is 5.11. The van der Waals surface area contributed by atoms with E-state index >= 15 is 0 Å². The standard InChI is InChI=1S/C23H26N4O5/c1-16-8-7-9-17(14-16)25-23(32)24-15-19(28)27(18-10-3-2-4-11-18)20(22(30)31)21(29)26-12-5-6-13-26/h2-4,7-11,14,20H,5-6,12-13,15H2,1H3,(H,30,31)(H2,24,25,32)/p-1. The number of aryl methyl sites for hydroxylation is 1. The normalized spacial score (nSPS) is 13.8. The van der Waals surface area contributed by atoms with Gasteiger partial charge in [-0.15, -0.1) is 0 Å². The molecule has 1 atom stereocenters. The van der Waals surface area contributed by atoms with Crippen LogP contribution in [0.4, 0.5) is 16.2 Å². The van der Waals surface area contributed by atoms with Crippen molar-refractivity contribution in [1.82, 2.24) is 10.2 Å². The van der Waals surface area contributed by atoms with Crippen LogP contribution in [0.2, 0.25) is 0 Å². The Balaban J connectivity index is 1.77. The number of nitrogens with one attached hydrogen (secondary N) is 2. The second-order valence-electron chi connectivity index (χ2n) is 7.53. The zero-order valence-electron chi connectivity index (χ0n) is 17.7. The number of carbonyl (C=O) groups is 4. The van der Waals surface area contributed by atoms with Gasteiger partial charge in [0.15, 0.2) is 6.04 Å². The summed E-state index contributed by atoms with van der Waals surface area (Å²) in [6.45, 7) is 2.22. The molecule has 4 amide bonds. The molecule has 0 spiro atoms. The minimum Gasteiger partial charge on any atom is -0.547 e. The lowest BCUT2D eigenvalue weighted by Crippen LogP contribution is -2.60. The van der Waals surface area contributed by atoms with E-state index in [0.717, 1.165) is 23.3 Å². The van der Waals surface area contributed by atoms with Crippen molar-refractivity contribution in [2.24, 2.45) is 0 Å². The number of aliphatic carboxylic acids is 1. The third-order valence-electron chi connectivity index (χ3n) is 5.11. The van der Waals surface area contributed by atoms with Crippen molar-refractivity contribution in [3.63, 3.8) is 0 Å². The first kappa shape index (κ1) is 22.8. The lowest BCUT2D eigenvalue weighted by molar-refractivity contribution is -0.306. The van der Waals surface area contributed by atoms with E-state index in [-0.39, 0.29) is 5.69 Å². The number of anilines is 2. The van der Waals surface area contributed by atoms with E-state index < -0.39 is 36.4 Å². The summed E-state index contributed by atoms with van der Waals surface area (Å²) in [6, 6.07) is 12.7. The second kappa shape index (κ2) is 10.4. The molecule has 0 bridgehead atoms. The average Bonchev–Trinajstić information content (AvgIpc) is 3.31. The largest absolute Gasteiger partial charge is 0.547 e. The van der Waals surface area contributed by atoms with E-state index in [0.29, 0.717) is 18.8 Å². The van der Waals surface area contributed by atoms with Gasteiger partial charge in [0.05, 0.1) is 12.5 Å². The van der Waals surface area contributed by atoms with Crippen LogP contribution in [0.3, 0.4) is 0 Å². The van der Waals surface area contributed by atoms with Crippen molar-refractivity contribution < 1.29 is 24.3 Å². The van der Waals surface area contributed by atoms with Crippen LogP contribution in [-0.2, 0) is 14.4 Å². The Kier molecular flexibility index (Phi) is 7.43. The highest BCUT2D eigenvalue weighted by Gasteiger charge is 2.36. The number of carboxylic acid groups (broad SMARTS) is 1. The molecule has 2 aromatic rings. The predicted molar refractivity (Wildman–Crippen MR) is 117 cm³/mol. The fourth-order valence-corrected chi connectivity index (χ4v) is 3.59. The Hall–Kier alpha value is -3.88. The monoisotopic (exact) mass is 437 g/mol. The highest BCUT2D eigenvalue weighted by Crippen LogP contribution is 2.20. The minimum atomic E-state index is -1.83. The molecule has 1 aliphatic rings. The zero-order chi connectivity index (χ0) is 23.1. The van der Waals surface area contributed by atoms with Crippen LogP contribution in [0.15, 0.2) is 54.6 Å². The molecule has 9 nitrogen and oxygen atoms in total. The topological polar surface area (TPSA) is 122 Å². The highest BCUT2D eigenvalue weighted by atomic mass is 16.4. The van der Waals surface area contributed by atoms with Crippen LogP contribution in [0, 0.1) is 6.92 Å². The number of nitrogens with zero attached hydrogens (tertiary/aromatic N) is 2. The van der Waals surface area contributed by atoms with E-state index in [1.165, 1.54) is 17.0 Å². The molecule has 9 heteroatoms. The Morgan fingerprint density at radius 3 is 2.34 bits per heavy atom. The van der Waals surface area contributed by atoms with E-state index in [1.807, 2.05) is 13.0 Å². The van der Waals surface area contributed by atoms with Gasteiger partial charge in [0.1, 0.15) is 0 Å². The predicted octanol–water partition coefficient (Wildman–Crippen LogP) is 0.891. The van der Waals surface area contributed by atoms with Crippen LogP contribution in [0.1, 0.15) is 18.4 Å². The fraction of sp³-hybridized carbons (Fsp3) is 0.304. The molecule has 1 saturated heterocycles. The first-order valence-corrected chi connectivity index (χ1v) is 10.3. The number of carbonyl (C=O) groups excluding carboxylic acids is 4. The van der Waals surface area contributed by atoms with Gasteiger partial charge in [-0.2, -0.15) is 0 Å². The number of hydrogen-bond donors (Lipinski definition) is 2. The summed E-state index contributed by atoms with van der Waals surface area (Å²) in [5.74, 6) is -3.13. The van der Waals surface area contributed by atoms with Gasteiger partial charge in [-0.1, -0.05) is 30.3 Å². The summed E-state index contributed by atoms with van der Waals surface area (Å²) in [6.07, 6.45) is 1.54. The van der Waals surface area contributed by atoms with Crippen LogP contribution in [0.5, 0.6) is 0 Å². The van der Waals surface area contributed by atoms with Crippen molar-refractivity contribution in [2.45, 2.75) is 25.8 Å². The van der Waals surface area contributed by atoms with Gasteiger partial charge in [-0.05, 0) is 49.6 Å². The number of rotatable bonds is 7. The molecule has 168 valence electrons. The molecule has 0 saturated carbocycles. The van der Waals surface area contributed by atoms with Crippen molar-refractivity contribution in [3.05, 3.63) is 60.2 Å².